The van der Waals surface area contributed by atoms with E-state index in [4.69, 9.17) is 10.5 Å². The van der Waals surface area contributed by atoms with Crippen molar-refractivity contribution in [1.29, 1.82) is 0 Å². The number of primary amides is 1. The molecule has 1 atom stereocenters. The van der Waals surface area contributed by atoms with Crippen molar-refractivity contribution >= 4 is 22.7 Å². The van der Waals surface area contributed by atoms with Gasteiger partial charge in [-0.15, -0.1) is 0 Å². The largest absolute Gasteiger partial charge is 0.489 e. The maximum Gasteiger partial charge on any atom is 0.248 e. The first-order chi connectivity index (χ1) is 23.1. The fourth-order valence-electron chi connectivity index (χ4n) is 5.81. The van der Waals surface area contributed by atoms with Crippen LogP contribution in [0.3, 0.4) is 0 Å². The molecule has 2 heterocycles. The highest BCUT2D eigenvalue weighted by Gasteiger charge is 2.23. The highest BCUT2D eigenvalue weighted by atomic mass is 19.1. The summed E-state index contributed by atoms with van der Waals surface area (Å²) < 4.78 is 34.7. The number of nitrogens with zero attached hydrogens (tertiary/aromatic N) is 1. The number of aromatic amines is 1. The predicted molar refractivity (Wildman–Crippen MR) is 185 cm³/mol. The molecule has 0 aliphatic heterocycles. The quantitative estimate of drug-likeness (QED) is 0.113. The Balaban J connectivity index is 1.46. The van der Waals surface area contributed by atoms with Gasteiger partial charge in [0.1, 0.15) is 24.0 Å². The van der Waals surface area contributed by atoms with Crippen LogP contribution >= 0.6 is 0 Å². The van der Waals surface area contributed by atoms with Crippen molar-refractivity contribution in [3.8, 4) is 16.9 Å². The minimum atomic E-state index is -0.770. The van der Waals surface area contributed by atoms with Crippen LogP contribution in [0.2, 0.25) is 0 Å². The van der Waals surface area contributed by atoms with Crippen LogP contribution in [0, 0.1) is 18.6 Å². The van der Waals surface area contributed by atoms with Crippen molar-refractivity contribution in [2.24, 2.45) is 5.73 Å². The van der Waals surface area contributed by atoms with Gasteiger partial charge in [0.25, 0.3) is 0 Å². The molecule has 2 aromatic heterocycles. The normalized spacial score (nSPS) is 12.4. The zero-order valence-corrected chi connectivity index (χ0v) is 27.1. The van der Waals surface area contributed by atoms with Crippen LogP contribution in [0.1, 0.15) is 59.1 Å². The number of H-pyrrole nitrogens is 1. The summed E-state index contributed by atoms with van der Waals surface area (Å²) in [5.41, 5.74) is 11.6. The first-order valence-electron chi connectivity index (χ1n) is 15.8. The summed E-state index contributed by atoms with van der Waals surface area (Å²) >= 11 is 0. The summed E-state index contributed by atoms with van der Waals surface area (Å²) in [5.74, 6) is -1.62. The SMILES string of the molecule is CC=CC(=CCC)COc1cc2c(CC(=O)NC(Cc3cc(F)cc(F)c3)c3ncccc3-c3cccc(C(N)=O)c3)c[nH]c2cc1C. The molecule has 246 valence electrons. The van der Waals surface area contributed by atoms with Gasteiger partial charge in [0, 0.05) is 40.5 Å². The van der Waals surface area contributed by atoms with E-state index < -0.39 is 23.6 Å². The lowest BCUT2D eigenvalue weighted by atomic mass is 9.94. The van der Waals surface area contributed by atoms with Gasteiger partial charge in [-0.05, 0) is 97.0 Å². The Bertz CT molecular complexity index is 1990. The molecular formula is C39H38F2N4O3. The number of halogens is 2. The van der Waals surface area contributed by atoms with Gasteiger partial charge >= 0.3 is 0 Å². The second-order valence-corrected chi connectivity index (χ2v) is 11.6. The molecule has 0 fully saturated rings. The number of fused-ring (bicyclic) bond motifs is 1. The van der Waals surface area contributed by atoms with Crippen molar-refractivity contribution in [2.75, 3.05) is 6.61 Å². The first kappa shape index (κ1) is 33.8. The van der Waals surface area contributed by atoms with E-state index in [1.807, 2.05) is 44.2 Å². The van der Waals surface area contributed by atoms with Gasteiger partial charge in [0.2, 0.25) is 11.8 Å². The number of benzene rings is 3. The molecule has 9 heteroatoms. The molecule has 0 aliphatic rings. The topological polar surface area (TPSA) is 110 Å². The number of rotatable bonds is 13. The van der Waals surface area contributed by atoms with Crippen LogP contribution in [0.25, 0.3) is 22.0 Å². The Kier molecular flexibility index (Phi) is 10.8. The third kappa shape index (κ3) is 8.22. The third-order valence-electron chi connectivity index (χ3n) is 7.98. The van der Waals surface area contributed by atoms with Crippen molar-refractivity contribution in [3.05, 3.63) is 143 Å². The second-order valence-electron chi connectivity index (χ2n) is 11.6. The summed E-state index contributed by atoms with van der Waals surface area (Å²) in [5, 5.41) is 3.92. The lowest BCUT2D eigenvalue weighted by Crippen LogP contribution is -2.32. The van der Waals surface area contributed by atoms with E-state index in [2.05, 4.69) is 28.3 Å². The number of carbonyl (C=O) groups excluding carboxylic acids is 2. The zero-order valence-electron chi connectivity index (χ0n) is 27.1. The molecule has 4 N–H and O–H groups in total. The molecule has 0 saturated carbocycles. The summed E-state index contributed by atoms with van der Waals surface area (Å²) in [6.45, 7) is 6.44. The highest BCUT2D eigenvalue weighted by Crippen LogP contribution is 2.31. The monoisotopic (exact) mass is 648 g/mol. The van der Waals surface area contributed by atoms with Crippen molar-refractivity contribution in [1.82, 2.24) is 15.3 Å². The number of aromatic nitrogens is 2. The highest BCUT2D eigenvalue weighted by molar-refractivity contribution is 5.94. The molecule has 0 aliphatic carbocycles. The van der Waals surface area contributed by atoms with Crippen LogP contribution in [0.5, 0.6) is 5.75 Å². The number of hydrogen-bond acceptors (Lipinski definition) is 4. The number of nitrogens with one attached hydrogen (secondary N) is 2. The minimum absolute atomic E-state index is 0.0232. The molecule has 0 radical (unpaired) electrons. The number of hydrogen-bond donors (Lipinski definition) is 3. The third-order valence-corrected chi connectivity index (χ3v) is 7.98. The average Bonchev–Trinajstić information content (AvgIpc) is 3.43. The predicted octanol–water partition coefficient (Wildman–Crippen LogP) is 7.85. The Morgan fingerprint density at radius 3 is 2.58 bits per heavy atom. The molecular weight excluding hydrogens is 610 g/mol. The maximum absolute atomic E-state index is 14.2. The molecule has 0 saturated heterocycles. The smallest absolute Gasteiger partial charge is 0.248 e. The average molecular weight is 649 g/mol. The lowest BCUT2D eigenvalue weighted by molar-refractivity contribution is -0.121. The fraction of sp³-hybridized carbons (Fsp3) is 0.205. The van der Waals surface area contributed by atoms with Crippen LogP contribution in [-0.4, -0.2) is 28.4 Å². The van der Waals surface area contributed by atoms with Gasteiger partial charge in [0.05, 0.1) is 18.2 Å². The van der Waals surface area contributed by atoms with Crippen LogP contribution < -0.4 is 15.8 Å². The minimum Gasteiger partial charge on any atom is -0.489 e. The lowest BCUT2D eigenvalue weighted by Gasteiger charge is -2.22. The van der Waals surface area contributed by atoms with E-state index in [9.17, 15) is 18.4 Å². The molecule has 7 nitrogen and oxygen atoms in total. The summed E-state index contributed by atoms with van der Waals surface area (Å²) in [6, 6.07) is 16.8. The molecule has 1 unspecified atom stereocenters. The van der Waals surface area contributed by atoms with Gasteiger partial charge in [-0.1, -0.05) is 43.4 Å². The summed E-state index contributed by atoms with van der Waals surface area (Å²) in [7, 11) is 0. The molecule has 2 amide bonds. The number of nitrogens with two attached hydrogens (primary N) is 1. The molecule has 5 aromatic rings. The maximum atomic E-state index is 14.2. The summed E-state index contributed by atoms with van der Waals surface area (Å²) in [6.07, 6.45) is 10.5. The van der Waals surface area contributed by atoms with E-state index >= 15 is 0 Å². The van der Waals surface area contributed by atoms with Crippen molar-refractivity contribution in [3.63, 3.8) is 0 Å². The Morgan fingerprint density at radius 2 is 1.85 bits per heavy atom. The molecule has 5 rings (SSSR count). The standard InChI is InChI=1S/C39H38F2N4O3/c1-4-8-25(9-5-2)23-48-36-21-33-29(22-44-34(33)14-24(36)3)19-37(46)45-35(17-26-15-30(40)20-31(41)16-26)38-32(12-7-13-43-38)27-10-6-11-28(18-27)39(42)47/h4,6-16,18,20-22,35,44H,5,17,19,23H2,1-3H3,(H2,42,47)(H,45,46). The Labute approximate surface area is 278 Å². The number of aryl methyl sites for hydroxylation is 1. The van der Waals surface area contributed by atoms with Gasteiger partial charge < -0.3 is 20.8 Å². The summed E-state index contributed by atoms with van der Waals surface area (Å²) in [4.78, 5) is 33.5. The fourth-order valence-corrected chi connectivity index (χ4v) is 5.81. The molecule has 3 aromatic carbocycles. The van der Waals surface area contributed by atoms with Gasteiger partial charge in [0.15, 0.2) is 0 Å². The Hall–Kier alpha value is -5.57. The Morgan fingerprint density at radius 1 is 1.06 bits per heavy atom. The van der Waals surface area contributed by atoms with Crippen LogP contribution in [-0.2, 0) is 17.6 Å². The van der Waals surface area contributed by atoms with E-state index in [0.717, 1.165) is 45.8 Å². The van der Waals surface area contributed by atoms with E-state index in [0.29, 0.717) is 34.6 Å². The van der Waals surface area contributed by atoms with E-state index in [1.165, 1.54) is 12.1 Å². The van der Waals surface area contributed by atoms with Gasteiger partial charge in [-0.3, -0.25) is 14.6 Å². The number of allylic oxidation sites excluding steroid dienone is 2. The zero-order chi connectivity index (χ0) is 34.2. The first-order valence-corrected chi connectivity index (χ1v) is 15.8. The van der Waals surface area contributed by atoms with Crippen molar-refractivity contribution < 1.29 is 23.1 Å². The molecule has 0 spiro atoms. The molecule has 48 heavy (non-hydrogen) atoms. The van der Waals surface area contributed by atoms with Gasteiger partial charge in [-0.25, -0.2) is 8.78 Å². The number of amides is 2. The number of pyridine rings is 1. The van der Waals surface area contributed by atoms with Crippen molar-refractivity contribution in [2.45, 2.75) is 46.1 Å². The number of carbonyl (C=O) groups is 2. The number of ether oxygens (including phenoxy) is 1. The second kappa shape index (κ2) is 15.3. The molecule has 0 bridgehead atoms. The van der Waals surface area contributed by atoms with Gasteiger partial charge in [-0.2, -0.15) is 0 Å². The van der Waals surface area contributed by atoms with Crippen LogP contribution in [0.4, 0.5) is 8.78 Å². The van der Waals surface area contributed by atoms with E-state index in [1.54, 1.807) is 42.7 Å². The van der Waals surface area contributed by atoms with Crippen LogP contribution in [0.15, 0.2) is 103 Å². The van der Waals surface area contributed by atoms with E-state index in [-0.39, 0.29) is 18.7 Å².